The number of carbonyl (C=O) groups is 1. The number of hydrogen-bond donors (Lipinski definition) is 1. The second-order valence-corrected chi connectivity index (χ2v) is 4.37. The van der Waals surface area contributed by atoms with Crippen LogP contribution < -0.4 is 0 Å². The highest BCUT2D eigenvalue weighted by atomic mass is 16.6. The van der Waals surface area contributed by atoms with Gasteiger partial charge in [0.05, 0.1) is 10.5 Å². The van der Waals surface area contributed by atoms with Gasteiger partial charge >= 0.3 is 5.97 Å². The predicted molar refractivity (Wildman–Crippen MR) is 66.9 cm³/mol. The van der Waals surface area contributed by atoms with Crippen molar-refractivity contribution in [3.63, 3.8) is 0 Å². The second-order valence-electron chi connectivity index (χ2n) is 4.37. The Morgan fingerprint density at radius 1 is 1.45 bits per heavy atom. The van der Waals surface area contributed by atoms with E-state index >= 15 is 0 Å². The highest BCUT2D eigenvalue weighted by Crippen LogP contribution is 2.26. The van der Waals surface area contributed by atoms with E-state index in [1.54, 1.807) is 0 Å². The number of nitrogens with zero attached hydrogens (tertiary/aromatic N) is 5. The Morgan fingerprint density at radius 2 is 2.15 bits per heavy atom. The highest BCUT2D eigenvalue weighted by molar-refractivity contribution is 5.89. The first-order valence-corrected chi connectivity index (χ1v) is 5.72. The maximum absolute atomic E-state index is 11.1. The zero-order chi connectivity index (χ0) is 14.9. The van der Waals surface area contributed by atoms with Gasteiger partial charge in [-0.2, -0.15) is 4.68 Å². The van der Waals surface area contributed by atoms with Crippen molar-refractivity contribution in [1.29, 1.82) is 0 Å². The van der Waals surface area contributed by atoms with E-state index in [-0.39, 0.29) is 22.9 Å². The van der Waals surface area contributed by atoms with Gasteiger partial charge in [0.15, 0.2) is 5.82 Å². The first-order valence-electron chi connectivity index (χ1n) is 5.72. The Labute approximate surface area is 113 Å². The van der Waals surface area contributed by atoms with E-state index in [1.165, 1.54) is 16.8 Å². The lowest BCUT2D eigenvalue weighted by Gasteiger charge is -2.07. The third kappa shape index (κ3) is 2.32. The largest absolute Gasteiger partial charge is 0.478 e. The number of aromatic carboxylic acids is 1. The van der Waals surface area contributed by atoms with Gasteiger partial charge in [0.2, 0.25) is 0 Å². The van der Waals surface area contributed by atoms with E-state index in [2.05, 4.69) is 15.5 Å². The third-order valence-corrected chi connectivity index (χ3v) is 2.66. The number of aromatic nitrogens is 4. The number of hydrogen-bond acceptors (Lipinski definition) is 6. The van der Waals surface area contributed by atoms with Crippen LogP contribution in [0.1, 0.15) is 35.9 Å². The fourth-order valence-electron chi connectivity index (χ4n) is 1.71. The molecule has 20 heavy (non-hydrogen) atoms. The summed E-state index contributed by atoms with van der Waals surface area (Å²) >= 11 is 0. The molecule has 2 aromatic rings. The maximum atomic E-state index is 11.1. The summed E-state index contributed by atoms with van der Waals surface area (Å²) in [5.74, 6) is -0.819. The van der Waals surface area contributed by atoms with E-state index in [0.717, 1.165) is 6.07 Å². The molecule has 0 amide bonds. The van der Waals surface area contributed by atoms with Gasteiger partial charge in [-0.1, -0.05) is 13.8 Å². The van der Waals surface area contributed by atoms with E-state index < -0.39 is 10.9 Å². The van der Waals surface area contributed by atoms with Crippen LogP contribution in [0.25, 0.3) is 5.69 Å². The number of nitro groups is 1. The number of benzene rings is 1. The molecule has 1 aromatic heterocycles. The van der Waals surface area contributed by atoms with Crippen LogP contribution in [0.2, 0.25) is 0 Å². The van der Waals surface area contributed by atoms with E-state index in [4.69, 9.17) is 5.11 Å². The van der Waals surface area contributed by atoms with Crippen molar-refractivity contribution in [2.24, 2.45) is 0 Å². The molecule has 0 spiro atoms. The first-order chi connectivity index (χ1) is 9.41. The van der Waals surface area contributed by atoms with Crippen LogP contribution in [0.4, 0.5) is 5.69 Å². The summed E-state index contributed by atoms with van der Waals surface area (Å²) in [6.45, 7) is 3.69. The van der Waals surface area contributed by atoms with Crippen LogP contribution in [-0.4, -0.2) is 36.2 Å². The average molecular weight is 277 g/mol. The molecule has 2 rings (SSSR count). The van der Waals surface area contributed by atoms with Gasteiger partial charge in [0, 0.05) is 12.0 Å². The zero-order valence-corrected chi connectivity index (χ0v) is 10.7. The fourth-order valence-corrected chi connectivity index (χ4v) is 1.71. The van der Waals surface area contributed by atoms with Crippen molar-refractivity contribution >= 4 is 11.7 Å². The van der Waals surface area contributed by atoms with Crippen molar-refractivity contribution in [3.8, 4) is 5.69 Å². The monoisotopic (exact) mass is 277 g/mol. The fraction of sp³-hybridized carbons (Fsp3) is 0.273. The topological polar surface area (TPSA) is 124 Å². The van der Waals surface area contributed by atoms with Crippen LogP contribution in [0.5, 0.6) is 0 Å². The van der Waals surface area contributed by atoms with Crippen molar-refractivity contribution in [2.75, 3.05) is 0 Å². The van der Waals surface area contributed by atoms with Gasteiger partial charge in [-0.05, 0) is 22.6 Å². The highest BCUT2D eigenvalue weighted by Gasteiger charge is 2.22. The molecule has 0 radical (unpaired) electrons. The molecular weight excluding hydrogens is 266 g/mol. The van der Waals surface area contributed by atoms with Crippen molar-refractivity contribution in [3.05, 3.63) is 39.7 Å². The molecule has 1 heterocycles. The molecule has 104 valence electrons. The second kappa shape index (κ2) is 5.03. The van der Waals surface area contributed by atoms with Gasteiger partial charge in [-0.15, -0.1) is 5.10 Å². The first kappa shape index (κ1) is 13.6. The summed E-state index contributed by atoms with van der Waals surface area (Å²) in [5.41, 5.74) is -0.396. The molecule has 0 saturated heterocycles. The molecule has 9 heteroatoms. The number of carboxylic acid groups (broad SMARTS) is 1. The standard InChI is InChI=1S/C11H11N5O4/c1-6(2)10-12-13-14-15(10)8-4-3-7(11(17)18)5-9(8)16(19)20/h3-6H,1-2H3,(H,17,18). The van der Waals surface area contributed by atoms with Crippen molar-refractivity contribution in [2.45, 2.75) is 19.8 Å². The van der Waals surface area contributed by atoms with Gasteiger partial charge in [-0.3, -0.25) is 10.1 Å². The molecule has 0 bridgehead atoms. The summed E-state index contributed by atoms with van der Waals surface area (Å²) in [7, 11) is 0. The summed E-state index contributed by atoms with van der Waals surface area (Å²) in [6, 6.07) is 3.59. The maximum Gasteiger partial charge on any atom is 0.335 e. The quantitative estimate of drug-likeness (QED) is 0.661. The van der Waals surface area contributed by atoms with Crippen LogP contribution >= 0.6 is 0 Å². The Hall–Kier alpha value is -2.84. The van der Waals surface area contributed by atoms with E-state index in [9.17, 15) is 14.9 Å². The lowest BCUT2D eigenvalue weighted by molar-refractivity contribution is -0.384. The minimum atomic E-state index is -1.24. The number of carboxylic acids is 1. The number of nitro benzene ring substituents is 1. The predicted octanol–water partition coefficient (Wildman–Crippen LogP) is 1.39. The van der Waals surface area contributed by atoms with Crippen LogP contribution in [0.3, 0.4) is 0 Å². The Bertz CT molecular complexity index is 679. The van der Waals surface area contributed by atoms with Crippen molar-refractivity contribution in [1.82, 2.24) is 20.2 Å². The summed E-state index contributed by atoms with van der Waals surface area (Å²) in [4.78, 5) is 21.3. The normalized spacial score (nSPS) is 10.8. The minimum Gasteiger partial charge on any atom is -0.478 e. The molecule has 0 aliphatic carbocycles. The van der Waals surface area contributed by atoms with Crippen molar-refractivity contribution < 1.29 is 14.8 Å². The SMILES string of the molecule is CC(C)c1nnnn1-c1ccc(C(=O)O)cc1[N+](=O)[O-]. The number of rotatable bonds is 4. The molecule has 0 aliphatic rings. The molecule has 0 atom stereocenters. The van der Waals surface area contributed by atoms with Gasteiger partial charge in [-0.25, -0.2) is 4.79 Å². The molecule has 1 aromatic carbocycles. The van der Waals surface area contributed by atoms with Crippen LogP contribution in [0, 0.1) is 10.1 Å². The van der Waals surface area contributed by atoms with Gasteiger partial charge < -0.3 is 5.11 Å². The number of tetrazole rings is 1. The van der Waals surface area contributed by atoms with E-state index in [1.807, 2.05) is 13.8 Å². The van der Waals surface area contributed by atoms with Gasteiger partial charge in [0.25, 0.3) is 5.69 Å². The average Bonchev–Trinajstić information content (AvgIpc) is 2.86. The van der Waals surface area contributed by atoms with E-state index in [0.29, 0.717) is 5.82 Å². The molecule has 0 unspecified atom stereocenters. The molecular formula is C11H11N5O4. The summed E-state index contributed by atoms with van der Waals surface area (Å²) in [6.07, 6.45) is 0. The smallest absolute Gasteiger partial charge is 0.335 e. The molecule has 0 fully saturated rings. The molecule has 0 saturated carbocycles. The summed E-state index contributed by atoms with van der Waals surface area (Å²) in [5, 5.41) is 31.0. The summed E-state index contributed by atoms with van der Waals surface area (Å²) < 4.78 is 1.24. The Kier molecular flexibility index (Phi) is 3.42. The zero-order valence-electron chi connectivity index (χ0n) is 10.7. The Morgan fingerprint density at radius 3 is 2.70 bits per heavy atom. The molecule has 1 N–H and O–H groups in total. The minimum absolute atomic E-state index is 0.0382. The lowest BCUT2D eigenvalue weighted by Crippen LogP contribution is -2.09. The Balaban J connectivity index is 2.64. The lowest BCUT2D eigenvalue weighted by atomic mass is 10.1. The third-order valence-electron chi connectivity index (χ3n) is 2.66. The molecule has 0 aliphatic heterocycles. The van der Waals surface area contributed by atoms with Gasteiger partial charge in [0.1, 0.15) is 5.69 Å². The van der Waals surface area contributed by atoms with Crippen LogP contribution in [0.15, 0.2) is 18.2 Å². The van der Waals surface area contributed by atoms with Crippen LogP contribution in [-0.2, 0) is 0 Å². The molecule has 9 nitrogen and oxygen atoms in total.